The van der Waals surface area contributed by atoms with E-state index >= 15 is 0 Å². The van der Waals surface area contributed by atoms with Crippen molar-refractivity contribution in [1.82, 2.24) is 24.2 Å². The second-order valence-electron chi connectivity index (χ2n) is 5.79. The third-order valence-electron chi connectivity index (χ3n) is 4.39. The summed E-state index contributed by atoms with van der Waals surface area (Å²) in [6, 6.07) is -0.251. The Bertz CT molecular complexity index is 678. The summed E-state index contributed by atoms with van der Waals surface area (Å²) in [5.41, 5.74) is 1.88. The molecule has 0 unspecified atom stereocenters. The summed E-state index contributed by atoms with van der Waals surface area (Å²) in [5, 5.41) is 5.00. The maximum Gasteiger partial charge on any atom is 0.245 e. The van der Waals surface area contributed by atoms with Crippen molar-refractivity contribution in [2.45, 2.75) is 38.8 Å². The van der Waals surface area contributed by atoms with Gasteiger partial charge in [-0.05, 0) is 26.7 Å². The first kappa shape index (κ1) is 15.1. The van der Waals surface area contributed by atoms with Crippen molar-refractivity contribution in [3.8, 4) is 0 Å². The van der Waals surface area contributed by atoms with E-state index in [1.54, 1.807) is 17.2 Å². The number of amides is 1. The Morgan fingerprint density at radius 3 is 2.86 bits per heavy atom. The molecule has 2 aromatic rings. The van der Waals surface area contributed by atoms with Crippen LogP contribution in [0.25, 0.3) is 0 Å². The minimum absolute atomic E-state index is 0.0136. The fourth-order valence-electron chi connectivity index (χ4n) is 3.22. The molecule has 1 aliphatic heterocycles. The van der Waals surface area contributed by atoms with E-state index in [1.807, 2.05) is 36.6 Å². The molecule has 22 heavy (non-hydrogen) atoms. The van der Waals surface area contributed by atoms with Crippen molar-refractivity contribution >= 4 is 17.5 Å². The normalized spacial score (nSPS) is 19.6. The van der Waals surface area contributed by atoms with Crippen LogP contribution in [0.5, 0.6) is 0 Å². The molecule has 118 valence electrons. The predicted octanol–water partition coefficient (Wildman–Crippen LogP) is 2.50. The Kier molecular flexibility index (Phi) is 3.95. The molecular formula is C15H20ClN5O. The summed E-state index contributed by atoms with van der Waals surface area (Å²) in [5.74, 6) is 0.0971. The molecule has 1 fully saturated rings. The Morgan fingerprint density at radius 1 is 1.50 bits per heavy atom. The molecule has 2 atom stereocenters. The molecule has 7 heteroatoms. The van der Waals surface area contributed by atoms with Gasteiger partial charge in [-0.3, -0.25) is 9.48 Å². The van der Waals surface area contributed by atoms with Crippen LogP contribution in [0.3, 0.4) is 0 Å². The highest BCUT2D eigenvalue weighted by molar-refractivity contribution is 6.30. The smallest absolute Gasteiger partial charge is 0.245 e. The molecule has 0 spiro atoms. The standard InChI is InChI=1S/C15H20ClN5O/c1-10-13(14(16)19(3)18-10)12-5-4-7-21(12)15(22)11(2)20-8-6-17-9-20/h6,8-9,11-12H,4-5,7H2,1-3H3/t11-,12+/m0/s1. The average molecular weight is 322 g/mol. The van der Waals surface area contributed by atoms with Crippen molar-refractivity contribution in [2.75, 3.05) is 6.54 Å². The Hall–Kier alpha value is -1.82. The van der Waals surface area contributed by atoms with Crippen LogP contribution in [-0.4, -0.2) is 36.7 Å². The highest BCUT2D eigenvalue weighted by atomic mass is 35.5. The van der Waals surface area contributed by atoms with Gasteiger partial charge >= 0.3 is 0 Å². The second kappa shape index (κ2) is 5.76. The molecule has 0 saturated carbocycles. The lowest BCUT2D eigenvalue weighted by Gasteiger charge is -2.28. The molecule has 1 saturated heterocycles. The van der Waals surface area contributed by atoms with Gasteiger partial charge in [-0.15, -0.1) is 0 Å². The third kappa shape index (κ3) is 2.41. The number of nitrogens with zero attached hydrogens (tertiary/aromatic N) is 5. The summed E-state index contributed by atoms with van der Waals surface area (Å²) in [6.45, 7) is 4.60. The van der Waals surface area contributed by atoms with Crippen molar-refractivity contribution in [3.63, 3.8) is 0 Å². The number of hydrogen-bond acceptors (Lipinski definition) is 3. The fourth-order valence-corrected chi connectivity index (χ4v) is 3.52. The molecule has 0 aromatic carbocycles. The van der Waals surface area contributed by atoms with Crippen LogP contribution >= 0.6 is 11.6 Å². The van der Waals surface area contributed by atoms with E-state index in [-0.39, 0.29) is 18.0 Å². The van der Waals surface area contributed by atoms with Crippen LogP contribution in [0.1, 0.15) is 43.1 Å². The van der Waals surface area contributed by atoms with Gasteiger partial charge in [0.15, 0.2) is 0 Å². The van der Waals surface area contributed by atoms with Gasteiger partial charge in [0.05, 0.1) is 18.1 Å². The maximum atomic E-state index is 12.9. The molecule has 3 rings (SSSR count). The number of imidazole rings is 1. The molecule has 0 radical (unpaired) electrons. The van der Waals surface area contributed by atoms with Gasteiger partial charge in [0.1, 0.15) is 11.2 Å². The monoisotopic (exact) mass is 321 g/mol. The molecule has 0 aliphatic carbocycles. The zero-order chi connectivity index (χ0) is 15.9. The van der Waals surface area contributed by atoms with Crippen molar-refractivity contribution in [2.24, 2.45) is 7.05 Å². The van der Waals surface area contributed by atoms with Crippen LogP contribution in [0.15, 0.2) is 18.7 Å². The van der Waals surface area contributed by atoms with Crippen molar-refractivity contribution in [1.29, 1.82) is 0 Å². The summed E-state index contributed by atoms with van der Waals surface area (Å²) in [6.07, 6.45) is 7.09. The van der Waals surface area contributed by atoms with Crippen LogP contribution in [-0.2, 0) is 11.8 Å². The van der Waals surface area contributed by atoms with E-state index in [1.165, 1.54) is 0 Å². The molecule has 2 aromatic heterocycles. The van der Waals surface area contributed by atoms with E-state index in [9.17, 15) is 4.79 Å². The van der Waals surface area contributed by atoms with E-state index in [0.717, 1.165) is 30.6 Å². The van der Waals surface area contributed by atoms with Gasteiger partial charge in [-0.1, -0.05) is 11.6 Å². The summed E-state index contributed by atoms with van der Waals surface area (Å²) in [4.78, 5) is 18.8. The van der Waals surface area contributed by atoms with Gasteiger partial charge in [0, 0.05) is 31.5 Å². The fraction of sp³-hybridized carbons (Fsp3) is 0.533. The number of aryl methyl sites for hydroxylation is 2. The minimum atomic E-state index is -0.265. The second-order valence-corrected chi connectivity index (χ2v) is 6.15. The molecule has 1 amide bonds. The first-order valence-corrected chi connectivity index (χ1v) is 7.85. The lowest BCUT2D eigenvalue weighted by atomic mass is 10.1. The number of rotatable bonds is 3. The van der Waals surface area contributed by atoms with Gasteiger partial charge in [-0.2, -0.15) is 5.10 Å². The third-order valence-corrected chi connectivity index (χ3v) is 4.84. The van der Waals surface area contributed by atoms with Crippen molar-refractivity contribution < 1.29 is 4.79 Å². The highest BCUT2D eigenvalue weighted by Crippen LogP contribution is 2.38. The maximum absolute atomic E-state index is 12.9. The van der Waals surface area contributed by atoms with Gasteiger partial charge < -0.3 is 9.47 Å². The summed E-state index contributed by atoms with van der Waals surface area (Å²) >= 11 is 6.39. The number of halogens is 1. The van der Waals surface area contributed by atoms with Crippen LogP contribution in [0.4, 0.5) is 0 Å². The molecule has 0 bridgehead atoms. The Labute approximate surface area is 134 Å². The molecule has 0 N–H and O–H groups in total. The number of carbonyl (C=O) groups excluding carboxylic acids is 1. The van der Waals surface area contributed by atoms with Crippen LogP contribution in [0.2, 0.25) is 5.15 Å². The largest absolute Gasteiger partial charge is 0.334 e. The first-order chi connectivity index (χ1) is 10.5. The lowest BCUT2D eigenvalue weighted by Crippen LogP contribution is -2.35. The number of aromatic nitrogens is 4. The molecule has 1 aliphatic rings. The van der Waals surface area contributed by atoms with Gasteiger partial charge in [0.25, 0.3) is 0 Å². The summed E-state index contributed by atoms with van der Waals surface area (Å²) in [7, 11) is 1.83. The SMILES string of the molecule is Cc1nn(C)c(Cl)c1[C@H]1CCCN1C(=O)[C@H](C)n1ccnc1. The van der Waals surface area contributed by atoms with Crippen LogP contribution < -0.4 is 0 Å². The number of hydrogen-bond donors (Lipinski definition) is 0. The molecule has 3 heterocycles. The number of likely N-dealkylation sites (tertiary alicyclic amines) is 1. The van der Waals surface area contributed by atoms with E-state index in [2.05, 4.69) is 10.1 Å². The zero-order valence-corrected chi connectivity index (χ0v) is 13.8. The minimum Gasteiger partial charge on any atom is -0.334 e. The van der Waals surface area contributed by atoms with Crippen molar-refractivity contribution in [3.05, 3.63) is 35.1 Å². The van der Waals surface area contributed by atoms with E-state index < -0.39 is 0 Å². The molecular weight excluding hydrogens is 302 g/mol. The topological polar surface area (TPSA) is 56.0 Å². The van der Waals surface area contributed by atoms with Gasteiger partial charge in [0.2, 0.25) is 5.91 Å². The predicted molar refractivity (Wildman–Crippen MR) is 83.6 cm³/mol. The Balaban J connectivity index is 1.88. The van der Waals surface area contributed by atoms with E-state index in [4.69, 9.17) is 11.6 Å². The van der Waals surface area contributed by atoms with E-state index in [0.29, 0.717) is 5.15 Å². The Morgan fingerprint density at radius 2 is 2.27 bits per heavy atom. The lowest BCUT2D eigenvalue weighted by molar-refractivity contribution is -0.135. The molecule has 6 nitrogen and oxygen atoms in total. The zero-order valence-electron chi connectivity index (χ0n) is 13.0. The number of carbonyl (C=O) groups is 1. The van der Waals surface area contributed by atoms with Gasteiger partial charge in [-0.25, -0.2) is 4.98 Å². The van der Waals surface area contributed by atoms with Crippen LogP contribution in [0, 0.1) is 6.92 Å². The first-order valence-electron chi connectivity index (χ1n) is 7.47. The highest BCUT2D eigenvalue weighted by Gasteiger charge is 2.36. The quantitative estimate of drug-likeness (QED) is 0.872. The summed E-state index contributed by atoms with van der Waals surface area (Å²) < 4.78 is 3.50. The average Bonchev–Trinajstić information content (AvgIpc) is 3.20.